The number of rotatable bonds is 1. The van der Waals surface area contributed by atoms with Gasteiger partial charge in [0, 0.05) is 0 Å². The normalized spacial score (nSPS) is 5.43. The van der Waals surface area contributed by atoms with Gasteiger partial charge in [-0.05, 0) is 12.3 Å². The second kappa shape index (κ2) is 17.1. The van der Waals surface area contributed by atoms with Crippen LogP contribution in [0.1, 0.15) is 6.92 Å². The first-order chi connectivity index (χ1) is 3.33. The first-order valence-corrected chi connectivity index (χ1v) is 2.56. The van der Waals surface area contributed by atoms with Gasteiger partial charge < -0.3 is 0 Å². The van der Waals surface area contributed by atoms with Gasteiger partial charge in [0.15, 0.2) is 0 Å². The molecule has 0 aromatic heterocycles. The van der Waals surface area contributed by atoms with Crippen LogP contribution in [-0.2, 0) is 0 Å². The Morgan fingerprint density at radius 2 is 1.71 bits per heavy atom. The Kier molecular flexibility index (Phi) is 24.2. The van der Waals surface area contributed by atoms with E-state index in [0.717, 1.165) is 5.41 Å². The van der Waals surface area contributed by atoms with Gasteiger partial charge >= 0.3 is 0 Å². The Bertz CT molecular complexity index is 43.3. The predicted octanol–water partition coefficient (Wildman–Crippen LogP) is 2.94. The summed E-state index contributed by atoms with van der Waals surface area (Å²) < 4.78 is 10.5. The van der Waals surface area contributed by atoms with E-state index in [2.05, 4.69) is 13.2 Å². The molecule has 0 radical (unpaired) electrons. The lowest BCUT2D eigenvalue weighted by molar-refractivity contribution is 0.947. The van der Waals surface area contributed by atoms with E-state index < -0.39 is 0 Å². The zero-order valence-electron chi connectivity index (χ0n) is 4.36. The molecular weight excluding hydrogens is 111 g/mol. The molecule has 2 heteroatoms. The predicted molar refractivity (Wildman–Crippen MR) is 34.8 cm³/mol. The van der Waals surface area contributed by atoms with Crippen LogP contribution in [0.3, 0.4) is 0 Å². The van der Waals surface area contributed by atoms with Crippen molar-refractivity contribution in [3.8, 4) is 0 Å². The lowest BCUT2D eigenvalue weighted by atomic mass is 10.8. The minimum Gasteiger partial charge on any atom is -0.160 e. The Morgan fingerprint density at radius 1 is 1.57 bits per heavy atom. The van der Waals surface area contributed by atoms with E-state index in [0.29, 0.717) is 0 Å². The lowest BCUT2D eigenvalue weighted by Gasteiger charge is -1.52. The average Bonchev–Trinajstić information content (AvgIpc) is 1.69. The first kappa shape index (κ1) is 9.90. The molecule has 0 amide bonds. The summed E-state index contributed by atoms with van der Waals surface area (Å²) in [5.41, 5.74) is 0. The van der Waals surface area contributed by atoms with E-state index in [9.17, 15) is 3.89 Å². The van der Waals surface area contributed by atoms with E-state index in [-0.39, 0.29) is 12.1 Å². The van der Waals surface area contributed by atoms with Gasteiger partial charge in [-0.1, -0.05) is 12.7 Å². The summed E-state index contributed by atoms with van der Waals surface area (Å²) in [4.78, 5) is 0. The van der Waals surface area contributed by atoms with Crippen LogP contribution < -0.4 is 0 Å². The first-order valence-electron chi connectivity index (χ1n) is 1.78. The van der Waals surface area contributed by atoms with E-state index >= 15 is 0 Å². The molecule has 0 heterocycles. The Hall–Kier alpha value is -0.240. The number of hydrogen-bond donors (Lipinski definition) is 0. The zero-order chi connectivity index (χ0) is 6.12. The summed E-state index contributed by atoms with van der Waals surface area (Å²) in [5, 5.41) is 1.12. The van der Waals surface area contributed by atoms with Crippen LogP contribution >= 0.6 is 12.1 Å². The molecule has 0 fully saturated rings. The summed E-state index contributed by atoms with van der Waals surface area (Å²) in [7, 11) is 0. The van der Waals surface area contributed by atoms with Gasteiger partial charge in [0.25, 0.3) is 0 Å². The topological polar surface area (TPSA) is 0 Å². The van der Waals surface area contributed by atoms with Crippen molar-refractivity contribution in [3.63, 3.8) is 0 Å². The highest BCUT2D eigenvalue weighted by molar-refractivity contribution is 7.97. The highest BCUT2D eigenvalue weighted by Crippen LogP contribution is 1.96. The second-order valence-corrected chi connectivity index (χ2v) is 1.18. The van der Waals surface area contributed by atoms with Crippen LogP contribution in [0, 0.1) is 0 Å². The van der Waals surface area contributed by atoms with E-state index in [1.165, 1.54) is 0 Å². The van der Waals surface area contributed by atoms with Crippen LogP contribution in [0.2, 0.25) is 0 Å². The van der Waals surface area contributed by atoms with E-state index in [1.807, 2.05) is 6.92 Å². The third-order valence-electron chi connectivity index (χ3n) is 0.0630. The maximum Gasteiger partial charge on any atom is 0.0726 e. The molecule has 0 nitrogen and oxygen atoms in total. The number of halogens is 1. The SMILES string of the molecule is C=CC.C=CSF. The van der Waals surface area contributed by atoms with Crippen molar-refractivity contribution in [2.75, 3.05) is 0 Å². The molecular formula is C5H9FS. The van der Waals surface area contributed by atoms with Crippen LogP contribution in [0.25, 0.3) is 0 Å². The van der Waals surface area contributed by atoms with Crippen molar-refractivity contribution < 1.29 is 3.89 Å². The maximum absolute atomic E-state index is 10.5. The Balaban J connectivity index is 0. The number of hydrogen-bond acceptors (Lipinski definition) is 1. The monoisotopic (exact) mass is 120 g/mol. The average molecular weight is 120 g/mol. The molecule has 42 valence electrons. The van der Waals surface area contributed by atoms with E-state index in [1.54, 1.807) is 6.08 Å². The molecule has 0 aliphatic carbocycles. The van der Waals surface area contributed by atoms with Crippen molar-refractivity contribution >= 4 is 12.1 Å². The molecule has 0 N–H and O–H groups in total. The summed E-state index contributed by atoms with van der Waals surface area (Å²) in [6.45, 7) is 8.32. The minimum atomic E-state index is 0.120. The standard InChI is InChI=1S/C3H6.C2H3FS/c1-3-2;1-2-4-3/h3H,1H2,2H3;2H,1H2. The van der Waals surface area contributed by atoms with Gasteiger partial charge in [-0.15, -0.1) is 6.58 Å². The van der Waals surface area contributed by atoms with Crippen LogP contribution in [0.4, 0.5) is 3.89 Å². The quantitative estimate of drug-likeness (QED) is 0.479. The van der Waals surface area contributed by atoms with Gasteiger partial charge in [-0.3, -0.25) is 0 Å². The van der Waals surface area contributed by atoms with Crippen molar-refractivity contribution in [3.05, 3.63) is 24.6 Å². The summed E-state index contributed by atoms with van der Waals surface area (Å²) in [6, 6.07) is 0. The van der Waals surface area contributed by atoms with Gasteiger partial charge in [0.1, 0.15) is 0 Å². The lowest BCUT2D eigenvalue weighted by Crippen LogP contribution is -1.12. The minimum absolute atomic E-state index is 0.120. The van der Waals surface area contributed by atoms with Crippen molar-refractivity contribution in [2.24, 2.45) is 0 Å². The Morgan fingerprint density at radius 3 is 1.71 bits per heavy atom. The van der Waals surface area contributed by atoms with Crippen LogP contribution in [0.5, 0.6) is 0 Å². The highest BCUT2D eigenvalue weighted by Gasteiger charge is 1.51. The molecule has 0 aromatic rings. The van der Waals surface area contributed by atoms with Gasteiger partial charge in [-0.2, -0.15) is 3.89 Å². The molecule has 0 saturated carbocycles. The van der Waals surface area contributed by atoms with Gasteiger partial charge in [0.05, 0.1) is 12.1 Å². The van der Waals surface area contributed by atoms with Gasteiger partial charge in [0.2, 0.25) is 0 Å². The summed E-state index contributed by atoms with van der Waals surface area (Å²) in [6.07, 6.45) is 1.75. The number of allylic oxidation sites excluding steroid dienone is 1. The molecule has 0 atom stereocenters. The van der Waals surface area contributed by atoms with Crippen molar-refractivity contribution in [2.45, 2.75) is 6.92 Å². The van der Waals surface area contributed by atoms with Gasteiger partial charge in [-0.25, -0.2) is 0 Å². The van der Waals surface area contributed by atoms with Crippen LogP contribution in [-0.4, -0.2) is 0 Å². The molecule has 0 spiro atoms. The molecule has 0 aliphatic heterocycles. The second-order valence-electron chi connectivity index (χ2n) is 0.664. The maximum atomic E-state index is 10.5. The molecule has 0 aliphatic rings. The van der Waals surface area contributed by atoms with E-state index in [4.69, 9.17) is 0 Å². The highest BCUT2D eigenvalue weighted by atomic mass is 32.2. The fourth-order valence-corrected chi connectivity index (χ4v) is 0. The molecule has 7 heavy (non-hydrogen) atoms. The van der Waals surface area contributed by atoms with Crippen molar-refractivity contribution in [1.29, 1.82) is 0 Å². The fourth-order valence-electron chi connectivity index (χ4n) is 0. The third-order valence-corrected chi connectivity index (χ3v) is 0.189. The smallest absolute Gasteiger partial charge is 0.0726 e. The molecule has 0 bridgehead atoms. The third kappa shape index (κ3) is 141. The Labute approximate surface area is 48.4 Å². The molecule has 0 rings (SSSR count). The molecule has 0 saturated heterocycles. The van der Waals surface area contributed by atoms with Crippen LogP contribution in [0.15, 0.2) is 24.6 Å². The van der Waals surface area contributed by atoms with Crippen molar-refractivity contribution in [1.82, 2.24) is 0 Å². The molecule has 0 unspecified atom stereocenters. The summed E-state index contributed by atoms with van der Waals surface area (Å²) >= 11 is 0.120. The fraction of sp³-hybridized carbons (Fsp3) is 0.200. The molecule has 0 aromatic carbocycles. The zero-order valence-corrected chi connectivity index (χ0v) is 5.17. The summed E-state index contributed by atoms with van der Waals surface area (Å²) in [5.74, 6) is 0. The largest absolute Gasteiger partial charge is 0.160 e.